The third-order valence-electron chi connectivity index (χ3n) is 2.78. The van der Waals surface area contributed by atoms with Crippen molar-refractivity contribution in [2.75, 3.05) is 26.9 Å². The van der Waals surface area contributed by atoms with E-state index in [1.54, 1.807) is 19.2 Å². The Kier molecular flexibility index (Phi) is 7.69. The minimum absolute atomic E-state index is 0.588. The van der Waals surface area contributed by atoms with E-state index in [-0.39, 0.29) is 0 Å². The monoisotopic (exact) mass is 281 g/mol. The summed E-state index contributed by atoms with van der Waals surface area (Å²) in [6.07, 6.45) is 1.69. The summed E-state index contributed by atoms with van der Waals surface area (Å²) >= 11 is 0. The van der Waals surface area contributed by atoms with Gasteiger partial charge in [-0.2, -0.15) is 0 Å². The lowest BCUT2D eigenvalue weighted by atomic mass is 10.1. The van der Waals surface area contributed by atoms with Gasteiger partial charge in [0.15, 0.2) is 0 Å². The molecule has 1 aromatic rings. The number of carboxylic acids is 1. The summed E-state index contributed by atoms with van der Waals surface area (Å²) in [5.41, 5.74) is 0.698. The molecule has 0 aliphatic carbocycles. The van der Waals surface area contributed by atoms with Crippen LogP contribution in [-0.2, 0) is 9.53 Å². The molecule has 1 unspecified atom stereocenters. The molecule has 0 heterocycles. The highest BCUT2D eigenvalue weighted by Gasteiger charge is 2.19. The zero-order valence-electron chi connectivity index (χ0n) is 12.1. The van der Waals surface area contributed by atoms with Gasteiger partial charge in [0.25, 0.3) is 0 Å². The molecule has 0 amide bonds. The van der Waals surface area contributed by atoms with Crippen LogP contribution in [-0.4, -0.2) is 37.9 Å². The standard InChI is InChI=1S/C15H23NO4/c1-3-9-20-13-7-4-6-12(11-13)14(15(17)18)16-8-5-10-19-2/h4,6-7,11,14,16H,3,5,8-10H2,1-2H3,(H,17,18). The maximum absolute atomic E-state index is 11.4. The number of hydrogen-bond acceptors (Lipinski definition) is 4. The molecule has 0 aliphatic rings. The van der Waals surface area contributed by atoms with Gasteiger partial charge < -0.3 is 19.9 Å². The number of carbonyl (C=O) groups is 1. The van der Waals surface area contributed by atoms with Crippen molar-refractivity contribution in [2.24, 2.45) is 0 Å². The molecule has 0 saturated carbocycles. The van der Waals surface area contributed by atoms with Crippen molar-refractivity contribution < 1.29 is 19.4 Å². The molecule has 0 spiro atoms. The number of hydrogen-bond donors (Lipinski definition) is 2. The fourth-order valence-electron chi connectivity index (χ4n) is 1.81. The van der Waals surface area contributed by atoms with Crippen LogP contribution in [0.3, 0.4) is 0 Å². The van der Waals surface area contributed by atoms with E-state index < -0.39 is 12.0 Å². The van der Waals surface area contributed by atoms with E-state index in [0.29, 0.717) is 31.1 Å². The first-order valence-corrected chi connectivity index (χ1v) is 6.87. The minimum atomic E-state index is -0.893. The van der Waals surface area contributed by atoms with Crippen LogP contribution in [0.25, 0.3) is 0 Å². The van der Waals surface area contributed by atoms with Gasteiger partial charge in [0.1, 0.15) is 11.8 Å². The Bertz CT molecular complexity index is 409. The number of carboxylic acid groups (broad SMARTS) is 1. The molecule has 1 rings (SSSR count). The molecule has 0 aliphatic heterocycles. The number of rotatable bonds is 10. The third kappa shape index (κ3) is 5.59. The van der Waals surface area contributed by atoms with Crippen LogP contribution in [0.15, 0.2) is 24.3 Å². The van der Waals surface area contributed by atoms with Crippen molar-refractivity contribution in [2.45, 2.75) is 25.8 Å². The second-order valence-corrected chi connectivity index (χ2v) is 4.49. The molecular formula is C15H23NO4. The Labute approximate surface area is 119 Å². The predicted octanol–water partition coefficient (Wildman–Crippen LogP) is 2.23. The Morgan fingerprint density at radius 3 is 2.85 bits per heavy atom. The summed E-state index contributed by atoms with van der Waals surface area (Å²) in [7, 11) is 1.63. The van der Waals surface area contributed by atoms with E-state index in [2.05, 4.69) is 5.32 Å². The zero-order chi connectivity index (χ0) is 14.8. The van der Waals surface area contributed by atoms with Gasteiger partial charge >= 0.3 is 5.97 Å². The largest absolute Gasteiger partial charge is 0.494 e. The molecule has 2 N–H and O–H groups in total. The van der Waals surface area contributed by atoms with E-state index in [4.69, 9.17) is 9.47 Å². The van der Waals surface area contributed by atoms with Crippen LogP contribution in [0.5, 0.6) is 5.75 Å². The van der Waals surface area contributed by atoms with Crippen LogP contribution in [0.4, 0.5) is 0 Å². The Hall–Kier alpha value is -1.59. The van der Waals surface area contributed by atoms with Crippen molar-refractivity contribution in [3.63, 3.8) is 0 Å². The molecular weight excluding hydrogens is 258 g/mol. The van der Waals surface area contributed by atoms with E-state index in [0.717, 1.165) is 12.8 Å². The fraction of sp³-hybridized carbons (Fsp3) is 0.533. The smallest absolute Gasteiger partial charge is 0.325 e. The maximum atomic E-state index is 11.4. The predicted molar refractivity (Wildman–Crippen MR) is 77.1 cm³/mol. The first-order valence-electron chi connectivity index (χ1n) is 6.87. The normalized spacial score (nSPS) is 12.1. The first kappa shape index (κ1) is 16.5. The van der Waals surface area contributed by atoms with Gasteiger partial charge in [0.05, 0.1) is 6.61 Å². The highest BCUT2D eigenvalue weighted by Crippen LogP contribution is 2.20. The first-order chi connectivity index (χ1) is 9.69. The molecule has 0 saturated heterocycles. The van der Waals surface area contributed by atoms with Crippen molar-refractivity contribution in [3.8, 4) is 5.75 Å². The number of nitrogens with one attached hydrogen (secondary N) is 1. The minimum Gasteiger partial charge on any atom is -0.494 e. The fourth-order valence-corrected chi connectivity index (χ4v) is 1.81. The molecule has 1 atom stereocenters. The van der Waals surface area contributed by atoms with Gasteiger partial charge in [-0.3, -0.25) is 4.79 Å². The van der Waals surface area contributed by atoms with Crippen molar-refractivity contribution in [1.29, 1.82) is 0 Å². The average molecular weight is 281 g/mol. The summed E-state index contributed by atoms with van der Waals surface area (Å²) in [5, 5.41) is 12.3. The maximum Gasteiger partial charge on any atom is 0.325 e. The molecule has 5 nitrogen and oxygen atoms in total. The number of ether oxygens (including phenoxy) is 2. The molecule has 0 bridgehead atoms. The van der Waals surface area contributed by atoms with Crippen molar-refractivity contribution >= 4 is 5.97 Å². The number of methoxy groups -OCH3 is 1. The summed E-state index contributed by atoms with van der Waals surface area (Å²) in [6, 6.07) is 6.49. The quantitative estimate of drug-likeness (QED) is 0.644. The van der Waals surface area contributed by atoms with Crippen LogP contribution in [0.1, 0.15) is 31.4 Å². The molecule has 20 heavy (non-hydrogen) atoms. The highest BCUT2D eigenvalue weighted by molar-refractivity contribution is 5.75. The lowest BCUT2D eigenvalue weighted by Gasteiger charge is -2.16. The average Bonchev–Trinajstić information content (AvgIpc) is 2.45. The van der Waals surface area contributed by atoms with E-state index >= 15 is 0 Å². The summed E-state index contributed by atoms with van der Waals surface area (Å²) in [5.74, 6) is -0.190. The van der Waals surface area contributed by atoms with Gasteiger partial charge in [-0.1, -0.05) is 19.1 Å². The van der Waals surface area contributed by atoms with Crippen LogP contribution < -0.4 is 10.1 Å². The molecule has 0 aromatic heterocycles. The highest BCUT2D eigenvalue weighted by atomic mass is 16.5. The molecule has 0 fully saturated rings. The SMILES string of the molecule is CCCOc1cccc(C(NCCCOC)C(=O)O)c1. The van der Waals surface area contributed by atoms with Gasteiger partial charge in [-0.25, -0.2) is 0 Å². The van der Waals surface area contributed by atoms with Crippen LogP contribution in [0.2, 0.25) is 0 Å². The second kappa shape index (κ2) is 9.34. The summed E-state index contributed by atoms with van der Waals surface area (Å²) in [6.45, 7) is 3.85. The van der Waals surface area contributed by atoms with Gasteiger partial charge in [0.2, 0.25) is 0 Å². The Morgan fingerprint density at radius 1 is 1.40 bits per heavy atom. The topological polar surface area (TPSA) is 67.8 Å². The number of benzene rings is 1. The summed E-state index contributed by atoms with van der Waals surface area (Å²) in [4.78, 5) is 11.4. The Balaban J connectivity index is 2.68. The van der Waals surface area contributed by atoms with Gasteiger partial charge in [-0.05, 0) is 37.1 Å². The lowest BCUT2D eigenvalue weighted by Crippen LogP contribution is -2.29. The lowest BCUT2D eigenvalue weighted by molar-refractivity contribution is -0.139. The third-order valence-corrected chi connectivity index (χ3v) is 2.78. The molecule has 5 heteroatoms. The van der Waals surface area contributed by atoms with Crippen LogP contribution in [0, 0.1) is 0 Å². The van der Waals surface area contributed by atoms with Crippen molar-refractivity contribution in [1.82, 2.24) is 5.32 Å². The molecule has 0 radical (unpaired) electrons. The van der Waals surface area contributed by atoms with Gasteiger partial charge in [-0.15, -0.1) is 0 Å². The zero-order valence-corrected chi connectivity index (χ0v) is 12.1. The second-order valence-electron chi connectivity index (χ2n) is 4.49. The Morgan fingerprint density at radius 2 is 2.20 bits per heavy atom. The van der Waals surface area contributed by atoms with Crippen LogP contribution >= 0.6 is 0 Å². The number of aliphatic carboxylic acids is 1. The van der Waals surface area contributed by atoms with E-state index in [9.17, 15) is 9.90 Å². The molecule has 1 aromatic carbocycles. The summed E-state index contributed by atoms with van der Waals surface area (Å²) < 4.78 is 10.5. The van der Waals surface area contributed by atoms with E-state index in [1.807, 2.05) is 19.1 Å². The molecule has 112 valence electrons. The van der Waals surface area contributed by atoms with Crippen molar-refractivity contribution in [3.05, 3.63) is 29.8 Å². The van der Waals surface area contributed by atoms with Gasteiger partial charge in [0, 0.05) is 13.7 Å². The van der Waals surface area contributed by atoms with E-state index in [1.165, 1.54) is 0 Å².